The monoisotopic (exact) mass is 293 g/mol. The largest absolute Gasteiger partial charge is 0.493 e. The molecule has 106 valence electrons. The SMILES string of the molecule is CCOC(=O)c1csc(COc2ccccc2OC)n1. The minimum absolute atomic E-state index is 0.282. The van der Waals surface area contributed by atoms with Gasteiger partial charge in [-0.3, -0.25) is 0 Å². The predicted molar refractivity (Wildman–Crippen MR) is 75.4 cm³/mol. The number of esters is 1. The van der Waals surface area contributed by atoms with Gasteiger partial charge in [-0.25, -0.2) is 9.78 Å². The number of methoxy groups -OCH3 is 1. The van der Waals surface area contributed by atoms with Crippen molar-refractivity contribution in [1.82, 2.24) is 4.98 Å². The average Bonchev–Trinajstić information content (AvgIpc) is 2.94. The molecule has 6 heteroatoms. The molecular weight excluding hydrogens is 278 g/mol. The summed E-state index contributed by atoms with van der Waals surface area (Å²) >= 11 is 1.36. The summed E-state index contributed by atoms with van der Waals surface area (Å²) in [4.78, 5) is 15.7. The summed E-state index contributed by atoms with van der Waals surface area (Å²) in [5.74, 6) is 0.893. The number of rotatable bonds is 6. The van der Waals surface area contributed by atoms with E-state index in [1.807, 2.05) is 24.3 Å². The molecule has 20 heavy (non-hydrogen) atoms. The van der Waals surface area contributed by atoms with Crippen LogP contribution in [0.5, 0.6) is 11.5 Å². The molecule has 0 aliphatic rings. The van der Waals surface area contributed by atoms with Gasteiger partial charge >= 0.3 is 5.97 Å². The van der Waals surface area contributed by atoms with Crippen LogP contribution in [0.2, 0.25) is 0 Å². The Morgan fingerprint density at radius 3 is 2.75 bits per heavy atom. The Morgan fingerprint density at radius 1 is 1.30 bits per heavy atom. The molecule has 5 nitrogen and oxygen atoms in total. The second-order valence-corrected chi connectivity index (χ2v) is 4.73. The van der Waals surface area contributed by atoms with Gasteiger partial charge in [-0.15, -0.1) is 11.3 Å². The molecule has 0 atom stereocenters. The van der Waals surface area contributed by atoms with Crippen molar-refractivity contribution in [3.8, 4) is 11.5 Å². The second kappa shape index (κ2) is 6.91. The molecule has 0 saturated carbocycles. The fourth-order valence-electron chi connectivity index (χ4n) is 1.55. The molecule has 0 N–H and O–H groups in total. The maximum atomic E-state index is 11.5. The van der Waals surface area contributed by atoms with E-state index in [0.29, 0.717) is 28.8 Å². The maximum absolute atomic E-state index is 11.5. The molecule has 0 saturated heterocycles. The Bertz CT molecular complexity index is 582. The molecule has 0 amide bonds. The minimum atomic E-state index is -0.410. The summed E-state index contributed by atoms with van der Waals surface area (Å²) in [5.41, 5.74) is 0.315. The van der Waals surface area contributed by atoms with Gasteiger partial charge in [-0.05, 0) is 19.1 Å². The third kappa shape index (κ3) is 3.48. The van der Waals surface area contributed by atoms with Crippen LogP contribution in [-0.4, -0.2) is 24.7 Å². The van der Waals surface area contributed by atoms with Crippen LogP contribution in [0.1, 0.15) is 22.4 Å². The molecule has 0 aliphatic heterocycles. The first kappa shape index (κ1) is 14.3. The van der Waals surface area contributed by atoms with Crippen molar-refractivity contribution < 1.29 is 19.0 Å². The smallest absolute Gasteiger partial charge is 0.357 e. The molecule has 0 spiro atoms. The van der Waals surface area contributed by atoms with Crippen LogP contribution in [0.3, 0.4) is 0 Å². The Labute approximate surface area is 121 Å². The van der Waals surface area contributed by atoms with Gasteiger partial charge in [0.2, 0.25) is 0 Å². The Morgan fingerprint density at radius 2 is 2.05 bits per heavy atom. The lowest BCUT2D eigenvalue weighted by Crippen LogP contribution is -2.05. The zero-order chi connectivity index (χ0) is 14.4. The van der Waals surface area contributed by atoms with Gasteiger partial charge in [-0.2, -0.15) is 0 Å². The maximum Gasteiger partial charge on any atom is 0.357 e. The molecule has 2 rings (SSSR count). The van der Waals surface area contributed by atoms with Crippen LogP contribution < -0.4 is 9.47 Å². The Hall–Kier alpha value is -2.08. The molecular formula is C14H15NO4S. The third-order valence-corrected chi connectivity index (χ3v) is 3.28. The molecule has 1 aromatic carbocycles. The number of aromatic nitrogens is 1. The number of hydrogen-bond donors (Lipinski definition) is 0. The van der Waals surface area contributed by atoms with Crippen LogP contribution in [0, 0.1) is 0 Å². The predicted octanol–water partition coefficient (Wildman–Crippen LogP) is 2.91. The molecule has 1 aromatic heterocycles. The summed E-state index contributed by atoms with van der Waals surface area (Å²) in [6.45, 7) is 2.38. The van der Waals surface area contributed by atoms with E-state index in [1.165, 1.54) is 11.3 Å². The highest BCUT2D eigenvalue weighted by molar-refractivity contribution is 7.09. The van der Waals surface area contributed by atoms with Gasteiger partial charge in [0.05, 0.1) is 13.7 Å². The van der Waals surface area contributed by atoms with Gasteiger partial charge in [0.25, 0.3) is 0 Å². The number of nitrogens with zero attached hydrogens (tertiary/aromatic N) is 1. The Kier molecular flexibility index (Phi) is 4.95. The lowest BCUT2D eigenvalue weighted by molar-refractivity contribution is 0.0520. The first-order valence-electron chi connectivity index (χ1n) is 6.12. The van der Waals surface area contributed by atoms with E-state index in [0.717, 1.165) is 0 Å². The summed E-state index contributed by atoms with van der Waals surface area (Å²) in [5, 5.41) is 2.37. The fraction of sp³-hybridized carbons (Fsp3) is 0.286. The fourth-order valence-corrected chi connectivity index (χ4v) is 2.23. The molecule has 0 radical (unpaired) electrons. The molecule has 0 aliphatic carbocycles. The number of benzene rings is 1. The van der Waals surface area contributed by atoms with Crippen molar-refractivity contribution in [2.75, 3.05) is 13.7 Å². The molecule has 0 unspecified atom stereocenters. The number of hydrogen-bond acceptors (Lipinski definition) is 6. The lowest BCUT2D eigenvalue weighted by atomic mass is 10.3. The van der Waals surface area contributed by atoms with E-state index in [1.54, 1.807) is 19.4 Å². The van der Waals surface area contributed by atoms with E-state index in [9.17, 15) is 4.79 Å². The van der Waals surface area contributed by atoms with Crippen LogP contribution >= 0.6 is 11.3 Å². The first-order chi connectivity index (χ1) is 9.74. The molecule has 0 fully saturated rings. The third-order valence-electron chi connectivity index (χ3n) is 2.46. The van der Waals surface area contributed by atoms with Gasteiger partial charge in [0.1, 0.15) is 11.6 Å². The van der Waals surface area contributed by atoms with E-state index in [-0.39, 0.29) is 6.61 Å². The van der Waals surface area contributed by atoms with Crippen molar-refractivity contribution in [3.05, 3.63) is 40.3 Å². The summed E-state index contributed by atoms with van der Waals surface area (Å²) < 4.78 is 15.7. The summed E-state index contributed by atoms with van der Waals surface area (Å²) in [6.07, 6.45) is 0. The minimum Gasteiger partial charge on any atom is -0.493 e. The Balaban J connectivity index is 1.99. The molecule has 0 bridgehead atoms. The zero-order valence-electron chi connectivity index (χ0n) is 11.3. The van der Waals surface area contributed by atoms with Gasteiger partial charge in [0.15, 0.2) is 17.2 Å². The number of carbonyl (C=O) groups is 1. The number of thiazole rings is 1. The van der Waals surface area contributed by atoms with Gasteiger partial charge < -0.3 is 14.2 Å². The van der Waals surface area contributed by atoms with Crippen molar-refractivity contribution in [2.24, 2.45) is 0 Å². The first-order valence-corrected chi connectivity index (χ1v) is 7.00. The van der Waals surface area contributed by atoms with Crippen LogP contribution in [0.25, 0.3) is 0 Å². The van der Waals surface area contributed by atoms with Crippen molar-refractivity contribution >= 4 is 17.3 Å². The normalized spacial score (nSPS) is 10.1. The van der Waals surface area contributed by atoms with Crippen LogP contribution in [0.15, 0.2) is 29.6 Å². The lowest BCUT2D eigenvalue weighted by Gasteiger charge is -2.08. The summed E-state index contributed by atoms with van der Waals surface area (Å²) in [6, 6.07) is 7.37. The molecule has 2 aromatic rings. The van der Waals surface area contributed by atoms with Crippen molar-refractivity contribution in [1.29, 1.82) is 0 Å². The van der Waals surface area contributed by atoms with E-state index < -0.39 is 5.97 Å². The van der Waals surface area contributed by atoms with Crippen LogP contribution in [-0.2, 0) is 11.3 Å². The number of para-hydroxylation sites is 2. The van der Waals surface area contributed by atoms with E-state index in [2.05, 4.69) is 4.98 Å². The second-order valence-electron chi connectivity index (χ2n) is 3.79. The van der Waals surface area contributed by atoms with E-state index >= 15 is 0 Å². The highest BCUT2D eigenvalue weighted by Crippen LogP contribution is 2.27. The summed E-state index contributed by atoms with van der Waals surface area (Å²) in [7, 11) is 1.59. The van der Waals surface area contributed by atoms with Gasteiger partial charge in [-0.1, -0.05) is 12.1 Å². The molecule has 1 heterocycles. The number of ether oxygens (including phenoxy) is 3. The standard InChI is InChI=1S/C14H15NO4S/c1-3-18-14(16)10-9-20-13(15-10)8-19-12-7-5-4-6-11(12)17-2/h4-7,9H,3,8H2,1-2H3. The quantitative estimate of drug-likeness (QED) is 0.766. The number of carbonyl (C=O) groups excluding carboxylic acids is 1. The van der Waals surface area contributed by atoms with Crippen molar-refractivity contribution in [3.63, 3.8) is 0 Å². The highest BCUT2D eigenvalue weighted by Gasteiger charge is 2.12. The van der Waals surface area contributed by atoms with Crippen LogP contribution in [0.4, 0.5) is 0 Å². The van der Waals surface area contributed by atoms with Crippen molar-refractivity contribution in [2.45, 2.75) is 13.5 Å². The highest BCUT2D eigenvalue weighted by atomic mass is 32.1. The van der Waals surface area contributed by atoms with Gasteiger partial charge in [0, 0.05) is 5.38 Å². The zero-order valence-corrected chi connectivity index (χ0v) is 12.1. The topological polar surface area (TPSA) is 57.7 Å². The average molecular weight is 293 g/mol. The van der Waals surface area contributed by atoms with E-state index in [4.69, 9.17) is 14.2 Å².